The van der Waals surface area contributed by atoms with E-state index in [1.165, 1.54) is 16.4 Å². The largest absolute Gasteiger partial charge is 0.355 e. The van der Waals surface area contributed by atoms with Crippen molar-refractivity contribution in [3.05, 3.63) is 29.3 Å². The van der Waals surface area contributed by atoms with Gasteiger partial charge < -0.3 is 5.32 Å². The number of carbonyl (C=O) groups is 1. The Morgan fingerprint density at radius 3 is 2.55 bits per heavy atom. The zero-order chi connectivity index (χ0) is 14.4. The average Bonchev–Trinajstić information content (AvgIpc) is 2.98. The summed E-state index contributed by atoms with van der Waals surface area (Å²) in [7, 11) is -3.50. The van der Waals surface area contributed by atoms with Crippen molar-refractivity contribution in [1.29, 1.82) is 0 Å². The fraction of sp³-hybridized carbons (Fsp3) is 0.462. The molecule has 0 saturated carbocycles. The second-order valence-corrected chi connectivity index (χ2v) is 7.87. The van der Waals surface area contributed by atoms with Gasteiger partial charge in [-0.15, -0.1) is 0 Å². The highest BCUT2D eigenvalue weighted by Gasteiger charge is 2.47. The molecule has 2 heterocycles. The minimum absolute atomic E-state index is 0.00995. The van der Waals surface area contributed by atoms with Crippen molar-refractivity contribution in [3.63, 3.8) is 0 Å². The van der Waals surface area contributed by atoms with Crippen LogP contribution in [0.15, 0.2) is 29.2 Å². The predicted octanol–water partition coefficient (Wildman–Crippen LogP) is 1.24. The van der Waals surface area contributed by atoms with Crippen molar-refractivity contribution in [2.24, 2.45) is 5.41 Å². The van der Waals surface area contributed by atoms with Crippen molar-refractivity contribution < 1.29 is 13.2 Å². The lowest BCUT2D eigenvalue weighted by Crippen LogP contribution is -2.33. The smallest absolute Gasteiger partial charge is 0.243 e. The first-order valence-corrected chi connectivity index (χ1v) is 8.26. The molecule has 1 N–H and O–H groups in total. The summed E-state index contributed by atoms with van der Waals surface area (Å²) in [5, 5.41) is 3.30. The monoisotopic (exact) mass is 314 g/mol. The Labute approximate surface area is 123 Å². The lowest BCUT2D eigenvalue weighted by molar-refractivity contribution is -0.119. The van der Waals surface area contributed by atoms with Crippen LogP contribution in [0.3, 0.4) is 0 Å². The van der Waals surface area contributed by atoms with Gasteiger partial charge in [-0.1, -0.05) is 11.6 Å². The predicted molar refractivity (Wildman–Crippen MR) is 74.9 cm³/mol. The highest BCUT2D eigenvalue weighted by atomic mass is 35.5. The van der Waals surface area contributed by atoms with E-state index in [9.17, 15) is 13.2 Å². The molecule has 0 radical (unpaired) electrons. The zero-order valence-corrected chi connectivity index (χ0v) is 12.4. The number of nitrogens with zero attached hydrogens (tertiary/aromatic N) is 1. The van der Waals surface area contributed by atoms with Gasteiger partial charge in [-0.25, -0.2) is 8.42 Å². The maximum Gasteiger partial charge on any atom is 0.243 e. The summed E-state index contributed by atoms with van der Waals surface area (Å²) < 4.78 is 26.6. The van der Waals surface area contributed by atoms with Gasteiger partial charge >= 0.3 is 0 Å². The third-order valence-corrected chi connectivity index (χ3v) is 6.16. The third-order valence-electron chi connectivity index (χ3n) is 4.05. The van der Waals surface area contributed by atoms with Gasteiger partial charge in [0.2, 0.25) is 15.9 Å². The van der Waals surface area contributed by atoms with Gasteiger partial charge in [0.05, 0.1) is 4.90 Å². The van der Waals surface area contributed by atoms with E-state index in [2.05, 4.69) is 5.32 Å². The van der Waals surface area contributed by atoms with E-state index in [-0.39, 0.29) is 16.2 Å². The lowest BCUT2D eigenvalue weighted by Gasteiger charge is -2.21. The van der Waals surface area contributed by atoms with Crippen molar-refractivity contribution in [2.75, 3.05) is 19.6 Å². The van der Waals surface area contributed by atoms with Crippen LogP contribution in [0.1, 0.15) is 12.8 Å². The summed E-state index contributed by atoms with van der Waals surface area (Å²) in [5.41, 5.74) is -0.226. The van der Waals surface area contributed by atoms with Gasteiger partial charge in [-0.05, 0) is 30.7 Å². The molecule has 0 aliphatic carbocycles. The quantitative estimate of drug-likeness (QED) is 0.893. The normalized spacial score (nSPS) is 27.1. The van der Waals surface area contributed by atoms with Gasteiger partial charge in [0.1, 0.15) is 0 Å². The molecule has 7 heteroatoms. The number of hydrogen-bond donors (Lipinski definition) is 1. The first-order valence-electron chi connectivity index (χ1n) is 6.44. The number of carbonyl (C=O) groups excluding carboxylic acids is 1. The van der Waals surface area contributed by atoms with E-state index >= 15 is 0 Å². The number of benzene rings is 1. The molecule has 1 unspecified atom stereocenters. The molecule has 0 bridgehead atoms. The van der Waals surface area contributed by atoms with Crippen LogP contribution in [0.4, 0.5) is 0 Å². The van der Waals surface area contributed by atoms with Crippen LogP contribution in [0.25, 0.3) is 0 Å². The summed E-state index contributed by atoms with van der Waals surface area (Å²) in [4.78, 5) is 11.6. The molecule has 1 amide bonds. The number of sulfonamides is 1. The number of amides is 1. The Kier molecular flexibility index (Phi) is 3.27. The number of halogens is 1. The molecule has 1 spiro atoms. The van der Waals surface area contributed by atoms with Crippen LogP contribution in [-0.2, 0) is 14.8 Å². The van der Waals surface area contributed by atoms with E-state index in [0.29, 0.717) is 31.1 Å². The zero-order valence-electron chi connectivity index (χ0n) is 10.8. The molecule has 1 atom stereocenters. The van der Waals surface area contributed by atoms with E-state index in [1.54, 1.807) is 12.1 Å². The van der Waals surface area contributed by atoms with E-state index in [1.807, 2.05) is 0 Å². The van der Waals surface area contributed by atoms with E-state index in [0.717, 1.165) is 6.42 Å². The molecule has 20 heavy (non-hydrogen) atoms. The van der Waals surface area contributed by atoms with Crippen LogP contribution in [0.5, 0.6) is 0 Å². The van der Waals surface area contributed by atoms with Gasteiger partial charge in [0, 0.05) is 36.5 Å². The molecule has 0 aromatic heterocycles. The summed E-state index contributed by atoms with van der Waals surface area (Å²) in [6.07, 6.45) is 1.14. The highest BCUT2D eigenvalue weighted by molar-refractivity contribution is 7.89. The van der Waals surface area contributed by atoms with Crippen LogP contribution in [0.2, 0.25) is 5.02 Å². The third kappa shape index (κ3) is 2.32. The molecule has 1 aromatic rings. The van der Waals surface area contributed by atoms with Gasteiger partial charge in [0.15, 0.2) is 0 Å². The standard InChI is InChI=1S/C13H15ClN2O3S/c14-10-1-3-11(4-2-10)20(18,19)16-6-5-13(9-16)7-12(17)15-8-13/h1-4H,5-9H2,(H,15,17). The Morgan fingerprint density at radius 1 is 1.25 bits per heavy atom. The number of rotatable bonds is 2. The first kappa shape index (κ1) is 13.9. The lowest BCUT2D eigenvalue weighted by atomic mass is 9.86. The molecular formula is C13H15ClN2O3S. The summed E-state index contributed by atoms with van der Waals surface area (Å²) in [6.45, 7) is 1.43. The topological polar surface area (TPSA) is 66.5 Å². The summed E-state index contributed by atoms with van der Waals surface area (Å²) in [6, 6.07) is 6.17. The Hall–Kier alpha value is -1.11. The molecule has 2 aliphatic rings. The second-order valence-electron chi connectivity index (χ2n) is 5.50. The molecule has 108 valence electrons. The van der Waals surface area contributed by atoms with Gasteiger partial charge in [0.25, 0.3) is 0 Å². The molecule has 3 rings (SSSR count). The molecule has 1 aromatic carbocycles. The summed E-state index contributed by atoms with van der Waals surface area (Å²) >= 11 is 5.78. The van der Waals surface area contributed by atoms with E-state index in [4.69, 9.17) is 11.6 Å². The average molecular weight is 315 g/mol. The SMILES string of the molecule is O=C1CC2(CCN(S(=O)(=O)c3ccc(Cl)cc3)C2)CN1. The van der Waals surface area contributed by atoms with Gasteiger partial charge in [-0.3, -0.25) is 4.79 Å². The molecule has 2 saturated heterocycles. The van der Waals surface area contributed by atoms with Crippen molar-refractivity contribution in [1.82, 2.24) is 9.62 Å². The van der Waals surface area contributed by atoms with Crippen LogP contribution in [-0.4, -0.2) is 38.3 Å². The summed E-state index contributed by atoms with van der Waals surface area (Å²) in [5.74, 6) is 0.00995. The van der Waals surface area contributed by atoms with Crippen LogP contribution in [0, 0.1) is 5.41 Å². The second kappa shape index (κ2) is 4.72. The molecular weight excluding hydrogens is 300 g/mol. The minimum Gasteiger partial charge on any atom is -0.355 e. The highest BCUT2D eigenvalue weighted by Crippen LogP contribution is 2.38. The fourth-order valence-corrected chi connectivity index (χ4v) is 4.57. The molecule has 5 nitrogen and oxygen atoms in total. The van der Waals surface area contributed by atoms with Crippen LogP contribution >= 0.6 is 11.6 Å². The van der Waals surface area contributed by atoms with Crippen molar-refractivity contribution >= 4 is 27.5 Å². The van der Waals surface area contributed by atoms with Crippen LogP contribution < -0.4 is 5.32 Å². The molecule has 2 aliphatic heterocycles. The Balaban J connectivity index is 1.83. The van der Waals surface area contributed by atoms with Gasteiger partial charge in [-0.2, -0.15) is 4.31 Å². The maximum absolute atomic E-state index is 12.5. The Morgan fingerprint density at radius 2 is 1.95 bits per heavy atom. The molecule has 2 fully saturated rings. The Bertz CT molecular complexity index is 644. The van der Waals surface area contributed by atoms with Crippen molar-refractivity contribution in [2.45, 2.75) is 17.7 Å². The maximum atomic E-state index is 12.5. The minimum atomic E-state index is -3.50. The number of nitrogens with one attached hydrogen (secondary N) is 1. The number of hydrogen-bond acceptors (Lipinski definition) is 3. The van der Waals surface area contributed by atoms with E-state index < -0.39 is 10.0 Å². The fourth-order valence-electron chi connectivity index (χ4n) is 2.90. The first-order chi connectivity index (χ1) is 9.41. The van der Waals surface area contributed by atoms with Crippen molar-refractivity contribution in [3.8, 4) is 0 Å².